The SMILES string of the molecule is C[Si](C)(O)c1ccc(-c2ccc([SH](c3ccccc3)c3ccccc3)cc2)cc1. The van der Waals surface area contributed by atoms with E-state index < -0.39 is 19.2 Å². The van der Waals surface area contributed by atoms with E-state index in [4.69, 9.17) is 0 Å². The Balaban J connectivity index is 1.68. The maximum absolute atomic E-state index is 10.3. The molecular weight excluding hydrogens is 388 g/mol. The number of hydrogen-bond acceptors (Lipinski definition) is 1. The molecule has 0 radical (unpaired) electrons. The van der Waals surface area contributed by atoms with Crippen LogP contribution in [0.2, 0.25) is 13.1 Å². The summed E-state index contributed by atoms with van der Waals surface area (Å²) in [7, 11) is -2.83. The summed E-state index contributed by atoms with van der Waals surface area (Å²) in [6.07, 6.45) is 0. The van der Waals surface area contributed by atoms with Crippen LogP contribution in [0.15, 0.2) is 124 Å². The van der Waals surface area contributed by atoms with E-state index in [1.165, 1.54) is 25.8 Å². The molecule has 29 heavy (non-hydrogen) atoms. The van der Waals surface area contributed by atoms with E-state index in [0.29, 0.717) is 0 Å². The number of hydrogen-bond donors (Lipinski definition) is 2. The highest BCUT2D eigenvalue weighted by atomic mass is 32.2. The van der Waals surface area contributed by atoms with Crippen LogP contribution in [-0.4, -0.2) is 13.1 Å². The molecule has 0 saturated heterocycles. The van der Waals surface area contributed by atoms with E-state index in [-0.39, 0.29) is 0 Å². The van der Waals surface area contributed by atoms with Gasteiger partial charge in [-0.3, -0.25) is 0 Å². The zero-order valence-electron chi connectivity index (χ0n) is 16.8. The van der Waals surface area contributed by atoms with Crippen molar-refractivity contribution < 1.29 is 4.80 Å². The van der Waals surface area contributed by atoms with Crippen LogP contribution in [0.25, 0.3) is 11.1 Å². The van der Waals surface area contributed by atoms with Gasteiger partial charge in [0.2, 0.25) is 8.32 Å². The van der Waals surface area contributed by atoms with E-state index in [1.807, 2.05) is 13.1 Å². The summed E-state index contributed by atoms with van der Waals surface area (Å²) >= 11 is 0. The largest absolute Gasteiger partial charge is 0.428 e. The van der Waals surface area contributed by atoms with Gasteiger partial charge in [-0.05, 0) is 80.5 Å². The highest BCUT2D eigenvalue weighted by Crippen LogP contribution is 2.51. The van der Waals surface area contributed by atoms with Crippen LogP contribution in [0.3, 0.4) is 0 Å². The molecule has 0 aliphatic heterocycles. The van der Waals surface area contributed by atoms with Gasteiger partial charge in [0.25, 0.3) is 0 Å². The van der Waals surface area contributed by atoms with E-state index in [0.717, 1.165) is 5.19 Å². The fourth-order valence-electron chi connectivity index (χ4n) is 3.47. The molecule has 1 N–H and O–H groups in total. The first-order valence-corrected chi connectivity index (χ1v) is 14.1. The molecule has 3 heteroatoms. The third-order valence-electron chi connectivity index (χ3n) is 5.08. The van der Waals surface area contributed by atoms with E-state index >= 15 is 0 Å². The normalized spacial score (nSPS) is 11.9. The van der Waals surface area contributed by atoms with Gasteiger partial charge in [-0.2, -0.15) is 10.9 Å². The minimum atomic E-state index is -2.25. The average Bonchev–Trinajstić information content (AvgIpc) is 2.76. The summed E-state index contributed by atoms with van der Waals surface area (Å²) < 4.78 is 0. The molecule has 1 nitrogen and oxygen atoms in total. The molecule has 0 unspecified atom stereocenters. The lowest BCUT2D eigenvalue weighted by Gasteiger charge is -2.23. The number of rotatable bonds is 5. The lowest BCUT2D eigenvalue weighted by molar-refractivity contribution is 0.568. The molecule has 0 aromatic heterocycles. The van der Waals surface area contributed by atoms with Crippen LogP contribution in [0.4, 0.5) is 0 Å². The third-order valence-corrected chi connectivity index (χ3v) is 9.27. The minimum absolute atomic E-state index is 0.575. The predicted molar refractivity (Wildman–Crippen MR) is 128 cm³/mol. The molecule has 4 aromatic carbocycles. The second-order valence-corrected chi connectivity index (χ2v) is 13.6. The van der Waals surface area contributed by atoms with Gasteiger partial charge in [0, 0.05) is 0 Å². The first-order valence-electron chi connectivity index (χ1n) is 9.86. The van der Waals surface area contributed by atoms with Crippen molar-refractivity contribution in [1.82, 2.24) is 0 Å². The Hall–Kier alpha value is -2.59. The van der Waals surface area contributed by atoms with Crippen molar-refractivity contribution in [1.29, 1.82) is 0 Å². The molecule has 0 aliphatic carbocycles. The molecule has 146 valence electrons. The van der Waals surface area contributed by atoms with Crippen molar-refractivity contribution in [2.24, 2.45) is 0 Å². The molecule has 0 heterocycles. The van der Waals surface area contributed by atoms with Crippen molar-refractivity contribution in [3.63, 3.8) is 0 Å². The monoisotopic (exact) mass is 414 g/mol. The zero-order chi connectivity index (χ0) is 20.3. The third kappa shape index (κ3) is 4.53. The standard InChI is InChI=1S/C26H26OSSi/c1-29(2,27)26-19-15-22(16-20-26)21-13-17-25(18-14-21)28(23-9-5-3-6-10-23)24-11-7-4-8-12-24/h3-20,27-28H,1-2H3. The Morgan fingerprint density at radius 1 is 0.517 bits per heavy atom. The van der Waals surface area contributed by atoms with Crippen LogP contribution in [0.5, 0.6) is 0 Å². The molecule has 0 aliphatic rings. The fourth-order valence-corrected chi connectivity index (χ4v) is 6.74. The number of benzene rings is 4. The Labute approximate surface area is 177 Å². The van der Waals surface area contributed by atoms with E-state index in [9.17, 15) is 4.80 Å². The van der Waals surface area contributed by atoms with Crippen LogP contribution in [0.1, 0.15) is 0 Å². The molecule has 4 aromatic rings. The Morgan fingerprint density at radius 2 is 0.897 bits per heavy atom. The van der Waals surface area contributed by atoms with Gasteiger partial charge < -0.3 is 4.80 Å². The van der Waals surface area contributed by atoms with Gasteiger partial charge in [-0.1, -0.05) is 72.8 Å². The Morgan fingerprint density at radius 3 is 1.31 bits per heavy atom. The van der Waals surface area contributed by atoms with Crippen molar-refractivity contribution in [3.05, 3.63) is 109 Å². The summed E-state index contributed by atoms with van der Waals surface area (Å²) in [5, 5.41) is 1.06. The summed E-state index contributed by atoms with van der Waals surface area (Å²) in [5.41, 5.74) is 2.39. The topological polar surface area (TPSA) is 20.2 Å². The Bertz CT molecular complexity index is 1010. The van der Waals surface area contributed by atoms with Crippen molar-refractivity contribution >= 4 is 24.4 Å². The van der Waals surface area contributed by atoms with Gasteiger partial charge in [0.15, 0.2) is 0 Å². The summed E-state index contributed by atoms with van der Waals surface area (Å²) in [5.74, 6) is 0. The van der Waals surface area contributed by atoms with E-state index in [2.05, 4.69) is 109 Å². The predicted octanol–water partition coefficient (Wildman–Crippen LogP) is 6.24. The first-order chi connectivity index (χ1) is 14.0. The maximum Gasteiger partial charge on any atom is 0.213 e. The van der Waals surface area contributed by atoms with Crippen LogP contribution in [-0.2, 0) is 0 Å². The van der Waals surface area contributed by atoms with Crippen LogP contribution >= 0.6 is 10.9 Å². The lowest BCUT2D eigenvalue weighted by Crippen LogP contribution is -2.41. The zero-order valence-corrected chi connectivity index (χ0v) is 18.7. The van der Waals surface area contributed by atoms with Crippen molar-refractivity contribution in [2.45, 2.75) is 27.8 Å². The fraction of sp³-hybridized carbons (Fsp3) is 0.0769. The maximum atomic E-state index is 10.3. The highest BCUT2D eigenvalue weighted by molar-refractivity contribution is 8.17. The van der Waals surface area contributed by atoms with Gasteiger partial charge >= 0.3 is 0 Å². The van der Waals surface area contributed by atoms with Gasteiger partial charge in [0.1, 0.15) is 0 Å². The second kappa shape index (κ2) is 8.42. The summed E-state index contributed by atoms with van der Waals surface area (Å²) in [6, 6.07) is 38.9. The lowest BCUT2D eigenvalue weighted by atomic mass is 10.1. The quantitative estimate of drug-likeness (QED) is 0.293. The average molecular weight is 415 g/mol. The highest BCUT2D eigenvalue weighted by Gasteiger charge is 2.19. The molecule has 0 spiro atoms. The second-order valence-electron chi connectivity index (χ2n) is 7.69. The van der Waals surface area contributed by atoms with Crippen LogP contribution in [0, 0.1) is 0 Å². The summed E-state index contributed by atoms with van der Waals surface area (Å²) in [4.78, 5) is 14.4. The smallest absolute Gasteiger partial charge is 0.213 e. The molecular formula is C26H26OSSi. The first kappa shape index (κ1) is 19.7. The molecule has 0 bridgehead atoms. The summed E-state index contributed by atoms with van der Waals surface area (Å²) in [6.45, 7) is 3.90. The van der Waals surface area contributed by atoms with Gasteiger partial charge in [-0.25, -0.2) is 0 Å². The molecule has 0 fully saturated rings. The van der Waals surface area contributed by atoms with Gasteiger partial charge in [0.05, 0.1) is 0 Å². The van der Waals surface area contributed by atoms with Crippen molar-refractivity contribution in [3.8, 4) is 11.1 Å². The number of thiol groups is 1. The van der Waals surface area contributed by atoms with Crippen LogP contribution < -0.4 is 5.19 Å². The Kier molecular flexibility index (Phi) is 5.72. The molecule has 4 rings (SSSR count). The molecule has 0 atom stereocenters. The van der Waals surface area contributed by atoms with Gasteiger partial charge in [-0.15, -0.1) is 0 Å². The molecule has 0 amide bonds. The van der Waals surface area contributed by atoms with E-state index in [1.54, 1.807) is 0 Å². The minimum Gasteiger partial charge on any atom is -0.428 e. The van der Waals surface area contributed by atoms with Crippen molar-refractivity contribution in [2.75, 3.05) is 0 Å². The molecule has 0 saturated carbocycles.